The second kappa shape index (κ2) is 8.53. The maximum absolute atomic E-state index is 10.5. The Hall–Kier alpha value is -4.15. The zero-order valence-electron chi connectivity index (χ0n) is 17.4. The molecule has 2 N–H and O–H groups in total. The fourth-order valence-corrected chi connectivity index (χ4v) is 4.08. The second-order valence-corrected chi connectivity index (χ2v) is 7.54. The van der Waals surface area contributed by atoms with Crippen molar-refractivity contribution in [2.75, 3.05) is 0 Å². The Morgan fingerprint density at radius 2 is 1.28 bits per heavy atom. The molecule has 0 unspecified atom stereocenters. The van der Waals surface area contributed by atoms with Crippen molar-refractivity contribution >= 4 is 0 Å². The first-order valence-electron chi connectivity index (χ1n) is 10.5. The minimum atomic E-state index is -0.152. The number of benzene rings is 4. The minimum absolute atomic E-state index is 0.152. The lowest BCUT2D eigenvalue weighted by molar-refractivity contribution is 0.283. The van der Waals surface area contributed by atoms with Crippen LogP contribution in [-0.2, 0) is 6.61 Å². The van der Waals surface area contributed by atoms with E-state index in [2.05, 4.69) is 0 Å². The van der Waals surface area contributed by atoms with E-state index in [9.17, 15) is 10.2 Å². The summed E-state index contributed by atoms with van der Waals surface area (Å²) in [5.74, 6) is 0.208. The highest BCUT2D eigenvalue weighted by Crippen LogP contribution is 2.39. The summed E-state index contributed by atoms with van der Waals surface area (Å²) < 4.78 is 1.90. The van der Waals surface area contributed by atoms with Crippen LogP contribution in [0.1, 0.15) is 5.56 Å². The van der Waals surface area contributed by atoms with Gasteiger partial charge in [0.05, 0.1) is 23.7 Å². The van der Waals surface area contributed by atoms with E-state index < -0.39 is 0 Å². The Balaban J connectivity index is 1.80. The van der Waals surface area contributed by atoms with Gasteiger partial charge in [0.1, 0.15) is 5.75 Å². The summed E-state index contributed by atoms with van der Waals surface area (Å²) in [6.07, 6.45) is 0. The van der Waals surface area contributed by atoms with Gasteiger partial charge >= 0.3 is 0 Å². The number of aromatic hydroxyl groups is 1. The Morgan fingerprint density at radius 1 is 0.656 bits per heavy atom. The highest BCUT2D eigenvalue weighted by molar-refractivity contribution is 5.86. The molecule has 156 valence electrons. The summed E-state index contributed by atoms with van der Waals surface area (Å²) in [6.45, 7) is -0.152. The zero-order valence-corrected chi connectivity index (χ0v) is 17.4. The van der Waals surface area contributed by atoms with Crippen molar-refractivity contribution in [3.63, 3.8) is 0 Å². The monoisotopic (exact) mass is 418 g/mol. The number of hydrogen-bond donors (Lipinski definition) is 2. The van der Waals surface area contributed by atoms with Crippen molar-refractivity contribution in [1.29, 1.82) is 0 Å². The van der Waals surface area contributed by atoms with Gasteiger partial charge in [0, 0.05) is 16.7 Å². The van der Waals surface area contributed by atoms with Crippen LogP contribution in [0.4, 0.5) is 0 Å². The lowest BCUT2D eigenvalue weighted by Gasteiger charge is -2.10. The molecule has 32 heavy (non-hydrogen) atoms. The number of hydrogen-bond acceptors (Lipinski definition) is 3. The first-order valence-corrected chi connectivity index (χ1v) is 10.5. The van der Waals surface area contributed by atoms with Crippen LogP contribution in [0.3, 0.4) is 0 Å². The highest BCUT2D eigenvalue weighted by atomic mass is 16.3. The van der Waals surface area contributed by atoms with Crippen LogP contribution in [0.15, 0.2) is 109 Å². The first kappa shape index (κ1) is 19.8. The molecule has 0 bridgehead atoms. The van der Waals surface area contributed by atoms with Crippen molar-refractivity contribution in [2.45, 2.75) is 6.61 Å². The maximum Gasteiger partial charge on any atom is 0.116 e. The number of aliphatic hydroxyl groups is 1. The van der Waals surface area contributed by atoms with Gasteiger partial charge in [0.25, 0.3) is 0 Å². The summed E-state index contributed by atoms with van der Waals surface area (Å²) in [6, 6.07) is 35.1. The largest absolute Gasteiger partial charge is 0.508 e. The molecule has 0 fully saturated rings. The van der Waals surface area contributed by atoms with Crippen LogP contribution in [-0.4, -0.2) is 20.0 Å². The zero-order chi connectivity index (χ0) is 21.9. The molecule has 4 aromatic carbocycles. The third-order valence-electron chi connectivity index (χ3n) is 5.53. The number of rotatable bonds is 5. The average molecular weight is 418 g/mol. The Kier molecular flexibility index (Phi) is 5.28. The third-order valence-corrected chi connectivity index (χ3v) is 5.53. The molecule has 0 radical (unpaired) electrons. The molecule has 0 aliphatic heterocycles. The molecule has 1 heterocycles. The quantitative estimate of drug-likeness (QED) is 0.364. The Bertz CT molecular complexity index is 1360. The summed E-state index contributed by atoms with van der Waals surface area (Å²) in [5.41, 5.74) is 6.96. The van der Waals surface area contributed by atoms with Crippen LogP contribution in [0.25, 0.3) is 39.3 Å². The molecule has 5 aromatic rings. The van der Waals surface area contributed by atoms with Crippen LogP contribution in [0.5, 0.6) is 5.75 Å². The first-order chi connectivity index (χ1) is 15.8. The molecule has 0 saturated carbocycles. The van der Waals surface area contributed by atoms with E-state index in [0.717, 1.165) is 39.2 Å². The molecule has 0 aliphatic rings. The lowest BCUT2D eigenvalue weighted by Crippen LogP contribution is -1.99. The van der Waals surface area contributed by atoms with E-state index in [-0.39, 0.29) is 12.4 Å². The molecular formula is C28H22N2O2. The predicted octanol–water partition coefficient (Wildman–Crippen LogP) is 6.07. The number of phenols is 1. The van der Waals surface area contributed by atoms with Crippen molar-refractivity contribution in [1.82, 2.24) is 9.78 Å². The van der Waals surface area contributed by atoms with E-state index in [1.807, 2.05) is 102 Å². The van der Waals surface area contributed by atoms with Gasteiger partial charge in [-0.3, -0.25) is 0 Å². The standard InChI is InChI=1S/C28H22N2O2/c31-19-26-27(25-17-8-7-16-24(25)21-12-9-15-23(32)18-21)29-30(22-13-5-2-6-14-22)28(26)20-10-3-1-4-11-20/h1-18,31-32H,19H2. The summed E-state index contributed by atoms with van der Waals surface area (Å²) >= 11 is 0. The number of aromatic nitrogens is 2. The van der Waals surface area contributed by atoms with Gasteiger partial charge in [-0.2, -0.15) is 5.10 Å². The van der Waals surface area contributed by atoms with Crippen molar-refractivity contribution in [3.05, 3.63) is 115 Å². The van der Waals surface area contributed by atoms with Crippen molar-refractivity contribution in [3.8, 4) is 45.1 Å². The summed E-state index contributed by atoms with van der Waals surface area (Å²) in [7, 11) is 0. The van der Waals surface area contributed by atoms with Gasteiger partial charge in [0.2, 0.25) is 0 Å². The number of aliphatic hydroxyl groups excluding tert-OH is 1. The molecule has 1 aromatic heterocycles. The highest BCUT2D eigenvalue weighted by Gasteiger charge is 2.22. The van der Waals surface area contributed by atoms with Gasteiger partial charge in [-0.25, -0.2) is 4.68 Å². The molecule has 0 aliphatic carbocycles. The number of phenolic OH excluding ortho intramolecular Hbond substituents is 1. The minimum Gasteiger partial charge on any atom is -0.508 e. The number of nitrogens with zero attached hydrogens (tertiary/aromatic N) is 2. The molecule has 0 spiro atoms. The van der Waals surface area contributed by atoms with E-state index in [1.54, 1.807) is 12.1 Å². The van der Waals surface area contributed by atoms with E-state index in [1.165, 1.54) is 0 Å². The molecule has 0 atom stereocenters. The Labute approximate surface area is 186 Å². The van der Waals surface area contributed by atoms with Crippen LogP contribution in [0, 0.1) is 0 Å². The SMILES string of the molecule is OCc1c(-c2ccccc2-c2cccc(O)c2)nn(-c2ccccc2)c1-c1ccccc1. The summed E-state index contributed by atoms with van der Waals surface area (Å²) in [4.78, 5) is 0. The van der Waals surface area contributed by atoms with E-state index >= 15 is 0 Å². The van der Waals surface area contributed by atoms with Crippen LogP contribution >= 0.6 is 0 Å². The van der Waals surface area contributed by atoms with Crippen molar-refractivity contribution in [2.24, 2.45) is 0 Å². The molecule has 5 rings (SSSR count). The maximum atomic E-state index is 10.5. The van der Waals surface area contributed by atoms with Crippen LogP contribution < -0.4 is 0 Å². The molecular weight excluding hydrogens is 396 g/mol. The molecule has 0 saturated heterocycles. The van der Waals surface area contributed by atoms with Gasteiger partial charge in [-0.15, -0.1) is 0 Å². The second-order valence-electron chi connectivity index (χ2n) is 7.54. The van der Waals surface area contributed by atoms with Gasteiger partial charge in [-0.1, -0.05) is 84.9 Å². The fraction of sp³-hybridized carbons (Fsp3) is 0.0357. The molecule has 4 nitrogen and oxygen atoms in total. The normalized spacial score (nSPS) is 10.9. The molecule has 4 heteroatoms. The van der Waals surface area contributed by atoms with Gasteiger partial charge in [0.15, 0.2) is 0 Å². The third kappa shape index (κ3) is 3.57. The average Bonchev–Trinajstić information content (AvgIpc) is 3.25. The smallest absolute Gasteiger partial charge is 0.116 e. The number of para-hydroxylation sites is 1. The molecule has 0 amide bonds. The predicted molar refractivity (Wildman–Crippen MR) is 127 cm³/mol. The van der Waals surface area contributed by atoms with Crippen LogP contribution in [0.2, 0.25) is 0 Å². The van der Waals surface area contributed by atoms with Gasteiger partial charge < -0.3 is 10.2 Å². The fourth-order valence-electron chi connectivity index (χ4n) is 4.08. The van der Waals surface area contributed by atoms with E-state index in [4.69, 9.17) is 5.10 Å². The lowest BCUT2D eigenvalue weighted by atomic mass is 9.94. The van der Waals surface area contributed by atoms with Crippen molar-refractivity contribution < 1.29 is 10.2 Å². The topological polar surface area (TPSA) is 58.3 Å². The van der Waals surface area contributed by atoms with E-state index in [0.29, 0.717) is 5.69 Å². The van der Waals surface area contributed by atoms with Gasteiger partial charge in [-0.05, 0) is 35.4 Å². The Morgan fingerprint density at radius 3 is 1.97 bits per heavy atom. The summed E-state index contributed by atoms with van der Waals surface area (Å²) in [5, 5.41) is 25.5.